The molecular weight excluding hydrogens is 464 g/mol. The lowest BCUT2D eigenvalue weighted by molar-refractivity contribution is -0.133. The monoisotopic (exact) mass is 492 g/mol. The number of hydrogen-bond acceptors (Lipinski definition) is 6. The summed E-state index contributed by atoms with van der Waals surface area (Å²) in [4.78, 5) is 26.7. The number of nitrogens with zero attached hydrogens (tertiary/aromatic N) is 3. The van der Waals surface area contributed by atoms with Crippen molar-refractivity contribution in [2.45, 2.75) is 32.0 Å². The van der Waals surface area contributed by atoms with Crippen LogP contribution in [0.2, 0.25) is 5.02 Å². The third kappa shape index (κ3) is 5.40. The van der Waals surface area contributed by atoms with Gasteiger partial charge in [0.15, 0.2) is 0 Å². The van der Waals surface area contributed by atoms with E-state index < -0.39 is 0 Å². The number of aromatic nitrogens is 3. The van der Waals surface area contributed by atoms with Crippen LogP contribution in [0.15, 0.2) is 55.1 Å². The van der Waals surface area contributed by atoms with E-state index in [0.29, 0.717) is 37.8 Å². The van der Waals surface area contributed by atoms with Crippen LogP contribution in [0.3, 0.4) is 0 Å². The predicted octanol–water partition coefficient (Wildman–Crippen LogP) is 3.97. The van der Waals surface area contributed by atoms with Crippen LogP contribution in [0, 0.1) is 0 Å². The molecule has 0 aliphatic carbocycles. The zero-order valence-electron chi connectivity index (χ0n) is 19.8. The zero-order chi connectivity index (χ0) is 24.4. The normalized spacial score (nSPS) is 18.1. The molecule has 0 radical (unpaired) electrons. The number of amides is 1. The summed E-state index contributed by atoms with van der Waals surface area (Å²) < 4.78 is 6.10. The van der Waals surface area contributed by atoms with E-state index in [2.05, 4.69) is 44.3 Å². The third-order valence-electron chi connectivity index (χ3n) is 6.33. The minimum atomic E-state index is -0.326. The quantitative estimate of drug-likeness (QED) is 0.361. The molecule has 4 heterocycles. The van der Waals surface area contributed by atoms with Crippen LogP contribution in [0.1, 0.15) is 19.4 Å². The molecular formula is C26H29ClN6O2. The smallest absolute Gasteiger partial charge is 0.234 e. The van der Waals surface area contributed by atoms with Crippen LogP contribution in [0.25, 0.3) is 21.8 Å². The number of anilines is 1. The first-order valence-electron chi connectivity index (χ1n) is 11.7. The number of morpholine rings is 1. The summed E-state index contributed by atoms with van der Waals surface area (Å²) in [5, 5.41) is 9.34. The van der Waals surface area contributed by atoms with Crippen molar-refractivity contribution in [1.29, 1.82) is 0 Å². The number of hydrogen-bond donors (Lipinski definition) is 3. The van der Waals surface area contributed by atoms with Crippen molar-refractivity contribution in [3.63, 3.8) is 0 Å². The molecule has 1 amide bonds. The lowest BCUT2D eigenvalue weighted by atomic mass is 10.0. The summed E-state index contributed by atoms with van der Waals surface area (Å²) in [6, 6.07) is 9.70. The van der Waals surface area contributed by atoms with Crippen LogP contribution >= 0.6 is 11.6 Å². The average molecular weight is 493 g/mol. The van der Waals surface area contributed by atoms with Crippen molar-refractivity contribution in [3.05, 3.63) is 65.7 Å². The number of carbonyl (C=O) groups is 1. The first kappa shape index (κ1) is 23.5. The van der Waals surface area contributed by atoms with Gasteiger partial charge in [-0.2, -0.15) is 0 Å². The summed E-state index contributed by atoms with van der Waals surface area (Å²) in [5.41, 5.74) is 3.50. The number of fused-ring (bicyclic) bond motifs is 3. The van der Waals surface area contributed by atoms with Gasteiger partial charge in [0.05, 0.1) is 47.7 Å². The molecule has 8 nitrogen and oxygen atoms in total. The van der Waals surface area contributed by atoms with E-state index in [1.165, 1.54) is 0 Å². The van der Waals surface area contributed by atoms with Crippen molar-refractivity contribution in [2.24, 2.45) is 0 Å². The number of nitrogens with one attached hydrogen (secondary N) is 3. The fraction of sp³-hybridized carbons (Fsp3) is 0.346. The molecule has 1 atom stereocenters. The fourth-order valence-corrected chi connectivity index (χ4v) is 4.81. The Hall–Kier alpha value is -3.20. The average Bonchev–Trinajstić information content (AvgIpc) is 3.21. The summed E-state index contributed by atoms with van der Waals surface area (Å²) >= 11 is 6.46. The van der Waals surface area contributed by atoms with Crippen molar-refractivity contribution >= 4 is 45.0 Å². The molecule has 5 rings (SSSR count). The first-order valence-corrected chi connectivity index (χ1v) is 12.1. The van der Waals surface area contributed by atoms with Crippen LogP contribution in [-0.4, -0.2) is 63.6 Å². The number of benzene rings is 1. The number of carbonyl (C=O) groups excluding carboxylic acids is 1. The summed E-state index contributed by atoms with van der Waals surface area (Å²) in [7, 11) is 0. The predicted molar refractivity (Wildman–Crippen MR) is 139 cm³/mol. The zero-order valence-corrected chi connectivity index (χ0v) is 20.6. The van der Waals surface area contributed by atoms with Gasteiger partial charge in [0.1, 0.15) is 0 Å². The maximum absolute atomic E-state index is 12.8. The Morgan fingerprint density at radius 2 is 2.09 bits per heavy atom. The Kier molecular flexibility index (Phi) is 6.60. The number of aromatic amines is 1. The maximum Gasteiger partial charge on any atom is 0.234 e. The van der Waals surface area contributed by atoms with Gasteiger partial charge < -0.3 is 20.4 Å². The van der Waals surface area contributed by atoms with Crippen LogP contribution in [-0.2, 0) is 16.1 Å². The SMILES string of the molecule is CC1(C)CN(CC(=O)NCc2cccnc2)[C@H](CNc2cc(Cl)cc3c2[nH]c2cnccc23)CO1. The number of H-pyrrole nitrogens is 1. The van der Waals surface area contributed by atoms with Gasteiger partial charge in [0.25, 0.3) is 0 Å². The van der Waals surface area contributed by atoms with Gasteiger partial charge in [-0.05, 0) is 43.7 Å². The Morgan fingerprint density at radius 1 is 1.23 bits per heavy atom. The molecule has 9 heteroatoms. The molecule has 0 bridgehead atoms. The second kappa shape index (κ2) is 9.81. The number of halogens is 1. The summed E-state index contributed by atoms with van der Waals surface area (Å²) in [6.45, 7) is 6.64. The van der Waals surface area contributed by atoms with Gasteiger partial charge in [0.2, 0.25) is 5.91 Å². The molecule has 0 saturated carbocycles. The highest BCUT2D eigenvalue weighted by Crippen LogP contribution is 2.33. The topological polar surface area (TPSA) is 95.2 Å². The van der Waals surface area contributed by atoms with Gasteiger partial charge in [-0.15, -0.1) is 0 Å². The van der Waals surface area contributed by atoms with E-state index in [4.69, 9.17) is 16.3 Å². The van der Waals surface area contributed by atoms with Crippen LogP contribution in [0.4, 0.5) is 5.69 Å². The maximum atomic E-state index is 12.8. The Morgan fingerprint density at radius 3 is 2.91 bits per heavy atom. The Labute approximate surface area is 209 Å². The lowest BCUT2D eigenvalue weighted by Crippen LogP contribution is -2.58. The second-order valence-corrected chi connectivity index (χ2v) is 10.0. The molecule has 1 aromatic carbocycles. The van der Waals surface area contributed by atoms with Crippen LogP contribution in [0.5, 0.6) is 0 Å². The van der Waals surface area contributed by atoms with E-state index in [1.807, 2.05) is 36.5 Å². The molecule has 4 aromatic rings. The number of ether oxygens (including phenoxy) is 1. The molecule has 1 aliphatic rings. The van der Waals surface area contributed by atoms with E-state index >= 15 is 0 Å². The Bertz CT molecular complexity index is 1340. The summed E-state index contributed by atoms with van der Waals surface area (Å²) in [5.74, 6) is -0.0233. The van der Waals surface area contributed by atoms with Gasteiger partial charge in [-0.25, -0.2) is 0 Å². The second-order valence-electron chi connectivity index (χ2n) is 9.57. The van der Waals surface area contributed by atoms with E-state index in [9.17, 15) is 4.79 Å². The molecule has 182 valence electrons. The molecule has 3 N–H and O–H groups in total. The van der Waals surface area contributed by atoms with Gasteiger partial charge in [-0.3, -0.25) is 19.7 Å². The highest BCUT2D eigenvalue weighted by Gasteiger charge is 2.34. The highest BCUT2D eigenvalue weighted by atomic mass is 35.5. The van der Waals surface area contributed by atoms with E-state index in [1.54, 1.807) is 18.6 Å². The molecule has 0 unspecified atom stereocenters. The largest absolute Gasteiger partial charge is 0.382 e. The third-order valence-corrected chi connectivity index (χ3v) is 6.55. The standard InChI is InChI=1S/C26H29ClN6O2/c1-26(2)16-33(14-24(34)31-11-17-4-3-6-28-10-17)19(15-35-26)12-30-22-9-18(27)8-21-20-5-7-29-13-23(20)32-25(21)22/h3-10,13,19,30,32H,11-12,14-16H2,1-2H3,(H,31,34)/t19-/m1/s1. The van der Waals surface area contributed by atoms with Crippen molar-refractivity contribution in [1.82, 2.24) is 25.2 Å². The van der Waals surface area contributed by atoms with Crippen molar-refractivity contribution < 1.29 is 9.53 Å². The van der Waals surface area contributed by atoms with Gasteiger partial charge >= 0.3 is 0 Å². The van der Waals surface area contributed by atoms with E-state index in [0.717, 1.165) is 33.1 Å². The summed E-state index contributed by atoms with van der Waals surface area (Å²) in [6.07, 6.45) is 7.08. The van der Waals surface area contributed by atoms with Gasteiger partial charge in [-0.1, -0.05) is 17.7 Å². The fourth-order valence-electron chi connectivity index (χ4n) is 4.59. The molecule has 3 aromatic heterocycles. The minimum absolute atomic E-state index is 0.0206. The highest BCUT2D eigenvalue weighted by molar-refractivity contribution is 6.32. The van der Waals surface area contributed by atoms with E-state index in [-0.39, 0.29) is 17.6 Å². The van der Waals surface area contributed by atoms with Gasteiger partial charge in [0, 0.05) is 54.0 Å². The molecule has 1 saturated heterocycles. The Balaban J connectivity index is 1.30. The molecule has 35 heavy (non-hydrogen) atoms. The lowest BCUT2D eigenvalue weighted by Gasteiger charge is -2.43. The number of rotatable bonds is 7. The van der Waals surface area contributed by atoms with Crippen LogP contribution < -0.4 is 10.6 Å². The molecule has 1 aliphatic heterocycles. The van der Waals surface area contributed by atoms with Crippen molar-refractivity contribution in [2.75, 3.05) is 31.6 Å². The first-order chi connectivity index (χ1) is 16.9. The van der Waals surface area contributed by atoms with Crippen molar-refractivity contribution in [3.8, 4) is 0 Å². The number of pyridine rings is 2. The molecule has 0 spiro atoms. The molecule has 1 fully saturated rings. The minimum Gasteiger partial charge on any atom is -0.382 e.